The first-order valence-electron chi connectivity index (χ1n) is 11.1. The predicted octanol–water partition coefficient (Wildman–Crippen LogP) is 2.97. The molecule has 2 atom stereocenters. The van der Waals surface area contributed by atoms with Crippen LogP contribution in [0.1, 0.15) is 38.1 Å². The Morgan fingerprint density at radius 1 is 1.12 bits per heavy atom. The average Bonchev–Trinajstić information content (AvgIpc) is 3.23. The fourth-order valence-corrected chi connectivity index (χ4v) is 4.37. The van der Waals surface area contributed by atoms with Crippen molar-refractivity contribution < 1.29 is 14.3 Å². The van der Waals surface area contributed by atoms with Crippen LogP contribution < -0.4 is 16.4 Å². The Kier molecular flexibility index (Phi) is 6.70. The van der Waals surface area contributed by atoms with Crippen molar-refractivity contribution in [1.82, 2.24) is 15.1 Å². The van der Waals surface area contributed by atoms with Gasteiger partial charge in [0.15, 0.2) is 0 Å². The lowest BCUT2D eigenvalue weighted by atomic mass is 9.86. The number of aromatic nitrogens is 2. The van der Waals surface area contributed by atoms with Crippen molar-refractivity contribution in [2.75, 3.05) is 18.4 Å². The Labute approximate surface area is 187 Å². The Bertz CT molecular complexity index is 1070. The summed E-state index contributed by atoms with van der Waals surface area (Å²) in [5, 5.41) is 11.8. The normalized spacial score (nSPS) is 20.6. The van der Waals surface area contributed by atoms with Crippen molar-refractivity contribution in [2.45, 2.75) is 43.9 Å². The molecule has 1 heterocycles. The monoisotopic (exact) mass is 435 g/mol. The Hall–Kier alpha value is -3.39. The number of hydrogen-bond donors (Lipinski definition) is 3. The number of ether oxygens (including phenoxy) is 1. The number of nitrogens with zero attached hydrogens (tertiary/aromatic N) is 2. The molecule has 168 valence electrons. The molecule has 1 saturated carbocycles. The summed E-state index contributed by atoms with van der Waals surface area (Å²) in [6.45, 7) is 0.0262. The largest absolute Gasteiger partial charge is 0.435 e. The summed E-state index contributed by atoms with van der Waals surface area (Å²) in [6.07, 6.45) is 5.35. The minimum Gasteiger partial charge on any atom is -0.435 e. The maximum atomic E-state index is 12.9. The van der Waals surface area contributed by atoms with Crippen molar-refractivity contribution in [3.05, 3.63) is 60.8 Å². The van der Waals surface area contributed by atoms with Crippen LogP contribution in [0.25, 0.3) is 10.9 Å². The van der Waals surface area contributed by atoms with Gasteiger partial charge in [0.05, 0.1) is 11.7 Å². The molecule has 1 aliphatic rings. The highest BCUT2D eigenvalue weighted by Crippen LogP contribution is 2.42. The maximum Gasteiger partial charge on any atom is 0.327 e. The number of amides is 1. The van der Waals surface area contributed by atoms with Crippen molar-refractivity contribution in [1.29, 1.82) is 0 Å². The topological polar surface area (TPSA) is 111 Å². The molecule has 0 spiro atoms. The fourth-order valence-electron chi connectivity index (χ4n) is 4.37. The molecule has 2 aromatic carbocycles. The molecule has 0 radical (unpaired) electrons. The third kappa shape index (κ3) is 4.75. The zero-order chi connectivity index (χ0) is 22.4. The van der Waals surface area contributed by atoms with Crippen LogP contribution in [0.15, 0.2) is 60.8 Å². The zero-order valence-corrected chi connectivity index (χ0v) is 18.0. The molecule has 4 rings (SSSR count). The van der Waals surface area contributed by atoms with Gasteiger partial charge in [-0.25, -0.2) is 0 Å². The van der Waals surface area contributed by atoms with E-state index in [1.165, 1.54) is 0 Å². The molecule has 0 aliphatic heterocycles. The first kappa shape index (κ1) is 21.8. The lowest BCUT2D eigenvalue weighted by Crippen LogP contribution is -2.53. The summed E-state index contributed by atoms with van der Waals surface area (Å²) in [4.78, 5) is 24.6. The second-order valence-electron chi connectivity index (χ2n) is 8.08. The number of nitrogens with one attached hydrogen (secondary N) is 2. The van der Waals surface area contributed by atoms with Gasteiger partial charge < -0.3 is 21.1 Å². The minimum atomic E-state index is -0.996. The molecular weight excluding hydrogens is 406 g/mol. The smallest absolute Gasteiger partial charge is 0.327 e. The van der Waals surface area contributed by atoms with Gasteiger partial charge in [-0.2, -0.15) is 5.10 Å². The van der Waals surface area contributed by atoms with Gasteiger partial charge in [0.25, 0.3) is 0 Å². The van der Waals surface area contributed by atoms with Crippen molar-refractivity contribution in [3.63, 3.8) is 0 Å². The Morgan fingerprint density at radius 3 is 2.72 bits per heavy atom. The lowest BCUT2D eigenvalue weighted by molar-refractivity contribution is -0.164. The summed E-state index contributed by atoms with van der Waals surface area (Å²) in [7, 11) is 0. The number of rotatable bonds is 8. The molecule has 8 nitrogen and oxygen atoms in total. The number of hydrogen-bond acceptors (Lipinski definition) is 6. The summed E-state index contributed by atoms with van der Waals surface area (Å²) in [5.41, 5.74) is 6.27. The van der Waals surface area contributed by atoms with Crippen molar-refractivity contribution in [3.8, 4) is 0 Å². The SMILES string of the molecule is NCCC(=O)NCC(=O)OC1(Nc2ccccc2)CCCCC1n1ncc2ccccc21. The van der Waals surface area contributed by atoms with E-state index < -0.39 is 11.7 Å². The third-order valence-corrected chi connectivity index (χ3v) is 5.84. The molecule has 1 aromatic heterocycles. The number of nitrogens with two attached hydrogens (primary N) is 1. The van der Waals surface area contributed by atoms with Crippen LogP contribution in [0.4, 0.5) is 5.69 Å². The molecule has 0 bridgehead atoms. The van der Waals surface area contributed by atoms with E-state index in [-0.39, 0.29) is 31.5 Å². The quantitative estimate of drug-likeness (QED) is 0.371. The summed E-state index contributed by atoms with van der Waals surface area (Å²) in [5.74, 6) is -0.769. The average molecular weight is 436 g/mol. The maximum absolute atomic E-state index is 12.9. The van der Waals surface area contributed by atoms with E-state index in [0.717, 1.165) is 35.9 Å². The van der Waals surface area contributed by atoms with Gasteiger partial charge in [0, 0.05) is 30.5 Å². The van der Waals surface area contributed by atoms with Crippen LogP contribution in [-0.2, 0) is 14.3 Å². The number of para-hydroxylation sites is 2. The number of anilines is 1. The molecule has 4 N–H and O–H groups in total. The molecule has 1 aliphatic carbocycles. The van der Waals surface area contributed by atoms with Crippen LogP contribution in [0.2, 0.25) is 0 Å². The van der Waals surface area contributed by atoms with Gasteiger partial charge in [0.2, 0.25) is 11.6 Å². The van der Waals surface area contributed by atoms with E-state index in [9.17, 15) is 9.59 Å². The first-order chi connectivity index (χ1) is 15.6. The molecule has 32 heavy (non-hydrogen) atoms. The van der Waals surface area contributed by atoms with Crippen LogP contribution in [0.3, 0.4) is 0 Å². The first-order valence-corrected chi connectivity index (χ1v) is 11.1. The van der Waals surface area contributed by atoms with Gasteiger partial charge in [-0.3, -0.25) is 14.3 Å². The third-order valence-electron chi connectivity index (χ3n) is 5.84. The number of benzene rings is 2. The summed E-state index contributed by atoms with van der Waals surface area (Å²) >= 11 is 0. The predicted molar refractivity (Wildman–Crippen MR) is 123 cm³/mol. The minimum absolute atomic E-state index is 0.169. The molecule has 3 aromatic rings. The van der Waals surface area contributed by atoms with E-state index in [1.807, 2.05) is 65.5 Å². The summed E-state index contributed by atoms with van der Waals surface area (Å²) < 4.78 is 8.10. The molecule has 1 fully saturated rings. The molecule has 8 heteroatoms. The van der Waals surface area contributed by atoms with E-state index >= 15 is 0 Å². The van der Waals surface area contributed by atoms with Crippen LogP contribution in [-0.4, -0.2) is 40.5 Å². The zero-order valence-electron chi connectivity index (χ0n) is 18.0. The van der Waals surface area contributed by atoms with Crippen LogP contribution in [0.5, 0.6) is 0 Å². The molecular formula is C24H29N5O3. The second kappa shape index (κ2) is 9.82. The second-order valence-corrected chi connectivity index (χ2v) is 8.08. The van der Waals surface area contributed by atoms with Gasteiger partial charge in [-0.15, -0.1) is 0 Å². The fraction of sp³-hybridized carbons (Fsp3) is 0.375. The van der Waals surface area contributed by atoms with E-state index in [0.29, 0.717) is 6.42 Å². The summed E-state index contributed by atoms with van der Waals surface area (Å²) in [6, 6.07) is 17.5. The highest BCUT2D eigenvalue weighted by Gasteiger charge is 2.46. The van der Waals surface area contributed by atoms with Gasteiger partial charge >= 0.3 is 5.97 Å². The van der Waals surface area contributed by atoms with E-state index in [2.05, 4.69) is 15.7 Å². The molecule has 2 unspecified atom stereocenters. The number of carbonyl (C=O) groups excluding carboxylic acids is 2. The molecule has 1 amide bonds. The Balaban J connectivity index is 1.66. The number of esters is 1. The van der Waals surface area contributed by atoms with E-state index in [4.69, 9.17) is 10.5 Å². The highest BCUT2D eigenvalue weighted by atomic mass is 16.6. The highest BCUT2D eigenvalue weighted by molar-refractivity contribution is 5.82. The number of fused-ring (bicyclic) bond motifs is 1. The number of carbonyl (C=O) groups is 2. The van der Waals surface area contributed by atoms with Crippen LogP contribution >= 0.6 is 0 Å². The standard InChI is InChI=1S/C24H29N5O3/c25-15-13-22(30)26-17-23(31)32-24(28-19-9-2-1-3-10-19)14-7-6-12-21(24)29-20-11-5-4-8-18(20)16-27-29/h1-5,8-11,16,21,28H,6-7,12-15,17,25H2,(H,26,30). The Morgan fingerprint density at radius 2 is 1.91 bits per heavy atom. The van der Waals surface area contributed by atoms with Crippen molar-refractivity contribution >= 4 is 28.5 Å². The van der Waals surface area contributed by atoms with E-state index in [1.54, 1.807) is 0 Å². The van der Waals surface area contributed by atoms with Crippen molar-refractivity contribution in [2.24, 2.45) is 5.73 Å². The van der Waals surface area contributed by atoms with Gasteiger partial charge in [-0.05, 0) is 31.0 Å². The van der Waals surface area contributed by atoms with Crippen LogP contribution in [0, 0.1) is 0 Å². The molecule has 0 saturated heterocycles. The van der Waals surface area contributed by atoms with Gasteiger partial charge in [0.1, 0.15) is 12.6 Å². The lowest BCUT2D eigenvalue weighted by Gasteiger charge is -2.44. The van der Waals surface area contributed by atoms with Gasteiger partial charge in [-0.1, -0.05) is 42.8 Å².